The van der Waals surface area contributed by atoms with Crippen LogP contribution in [0.2, 0.25) is 0 Å². The minimum absolute atomic E-state index is 0.563. The number of nitrogens with zero attached hydrogens (tertiary/aromatic N) is 9. The lowest BCUT2D eigenvalue weighted by Crippen LogP contribution is -2.30. The average Bonchev–Trinajstić information content (AvgIpc) is 3.76. The van der Waals surface area contributed by atoms with Crippen molar-refractivity contribution in [2.75, 3.05) is 40.9 Å². The molecule has 0 fully saturated rings. The summed E-state index contributed by atoms with van der Waals surface area (Å²) in [5.74, 6) is 2.66. The molecule has 0 aliphatic carbocycles. The normalized spacial score (nSPS) is 13.6. The van der Waals surface area contributed by atoms with Crippen LogP contribution in [0.4, 0.5) is 46.3 Å². The highest BCUT2D eigenvalue weighted by atomic mass is 15.3. The van der Waals surface area contributed by atoms with Crippen LogP contribution < -0.4 is 26.6 Å². The minimum atomic E-state index is 0.563. The fraction of sp³-hybridized carbons (Fsp3) is 0.292. The molecule has 6 heterocycles. The summed E-state index contributed by atoms with van der Waals surface area (Å²) < 4.78 is 3.58. The first-order valence-corrected chi connectivity index (χ1v) is 21.4. The van der Waals surface area contributed by atoms with Crippen molar-refractivity contribution < 1.29 is 0 Å². The van der Waals surface area contributed by atoms with Crippen molar-refractivity contribution in [2.24, 2.45) is 14.1 Å². The summed E-state index contributed by atoms with van der Waals surface area (Å²) in [4.78, 5) is 21.1. The molecule has 5 N–H and O–H groups in total. The Bertz CT molecular complexity index is 2890. The van der Waals surface area contributed by atoms with Crippen LogP contribution in [-0.4, -0.2) is 64.0 Å². The van der Waals surface area contributed by atoms with Crippen LogP contribution in [0.15, 0.2) is 85.2 Å². The fourth-order valence-electron chi connectivity index (χ4n) is 8.42. The molecular weight excluding hydrogens is 773 g/mol. The minimum Gasteiger partial charge on any atom is -0.338 e. The molecule has 14 heteroatoms. The van der Waals surface area contributed by atoms with Crippen LogP contribution in [0.25, 0.3) is 22.1 Å². The molecule has 4 aromatic heterocycles. The zero-order valence-corrected chi connectivity index (χ0v) is 36.6. The topological polar surface area (TPSA) is 151 Å². The van der Waals surface area contributed by atoms with E-state index in [1.165, 1.54) is 44.5 Å². The molecule has 14 nitrogen and oxygen atoms in total. The Hall–Kier alpha value is -6.90. The Morgan fingerprint density at radius 1 is 0.597 bits per heavy atom. The van der Waals surface area contributed by atoms with Crippen molar-refractivity contribution in [3.05, 3.63) is 130 Å². The fourth-order valence-corrected chi connectivity index (χ4v) is 8.42. The zero-order chi connectivity index (χ0) is 42.9. The second kappa shape index (κ2) is 17.2. The SMILES string of the molecule is CCN1CCc2ccc(Nc3ncc4c(Nc5c(C)cccc5C)nn(C)c4n3)cc2C1.Cc1cccc(C)c1Nc1nn(C)c2nc(Nc3ccc4c(c3)CNCC4)ncc12. The molecule has 0 amide bonds. The highest BCUT2D eigenvalue weighted by Gasteiger charge is 2.18. The Labute approximate surface area is 362 Å². The maximum absolute atomic E-state index is 4.75. The molecule has 2 aliphatic heterocycles. The van der Waals surface area contributed by atoms with Crippen molar-refractivity contribution in [1.82, 2.24) is 49.7 Å². The number of rotatable bonds is 9. The third kappa shape index (κ3) is 8.39. The largest absolute Gasteiger partial charge is 0.338 e. The lowest BCUT2D eigenvalue weighted by molar-refractivity contribution is 0.268. The molecule has 0 saturated heterocycles. The monoisotopic (exact) mass is 826 g/mol. The van der Waals surface area contributed by atoms with E-state index in [0.29, 0.717) is 11.9 Å². The van der Waals surface area contributed by atoms with Crippen LogP contribution in [0.1, 0.15) is 51.4 Å². The van der Waals surface area contributed by atoms with E-state index in [2.05, 4.69) is 159 Å². The smallest absolute Gasteiger partial charge is 0.229 e. The van der Waals surface area contributed by atoms with Crippen molar-refractivity contribution in [2.45, 2.75) is 60.5 Å². The van der Waals surface area contributed by atoms with Gasteiger partial charge in [-0.15, -0.1) is 0 Å². The molecule has 0 atom stereocenters. The predicted octanol–water partition coefficient (Wildman–Crippen LogP) is 8.96. The van der Waals surface area contributed by atoms with Gasteiger partial charge in [0, 0.05) is 68.9 Å². The molecule has 316 valence electrons. The van der Waals surface area contributed by atoms with E-state index < -0.39 is 0 Å². The second-order valence-electron chi connectivity index (χ2n) is 16.4. The molecule has 62 heavy (non-hydrogen) atoms. The van der Waals surface area contributed by atoms with Gasteiger partial charge in [0.1, 0.15) is 0 Å². The van der Waals surface area contributed by atoms with Gasteiger partial charge in [-0.2, -0.15) is 20.2 Å². The maximum atomic E-state index is 4.75. The second-order valence-corrected chi connectivity index (χ2v) is 16.4. The number of aryl methyl sites for hydroxylation is 6. The predicted molar refractivity (Wildman–Crippen MR) is 251 cm³/mol. The first kappa shape index (κ1) is 40.5. The number of aromatic nitrogens is 8. The van der Waals surface area contributed by atoms with E-state index in [-0.39, 0.29) is 0 Å². The standard InChI is InChI=1S/C25H29N7.C23H25N7/c1-5-32-12-11-18-9-10-20(13-19(18)15-32)27-25-26-14-21-23(30-31(4)24(21)29-25)28-22-16(2)7-6-8-17(22)3;1-14-5-4-6-15(2)20(14)27-21-19-13-25-23(28-22(19)30(3)29-21)26-18-8-7-16-9-10-24-12-17(16)11-18/h6-10,13-14H,5,11-12,15H2,1-4H3,(H,28,30)(H,26,27,29);4-8,11,13,24H,9-10,12H2,1-3H3,(H,27,29)(H,25,26,28). The van der Waals surface area contributed by atoms with Gasteiger partial charge in [0.25, 0.3) is 0 Å². The quantitative estimate of drug-likeness (QED) is 0.0946. The van der Waals surface area contributed by atoms with E-state index in [9.17, 15) is 0 Å². The van der Waals surface area contributed by atoms with Crippen LogP contribution in [0, 0.1) is 27.7 Å². The third-order valence-electron chi connectivity index (χ3n) is 12.0. The average molecular weight is 827 g/mol. The van der Waals surface area contributed by atoms with Crippen LogP contribution in [0.5, 0.6) is 0 Å². The van der Waals surface area contributed by atoms with Gasteiger partial charge in [0.2, 0.25) is 11.9 Å². The lowest BCUT2D eigenvalue weighted by Gasteiger charge is -2.27. The van der Waals surface area contributed by atoms with E-state index in [1.807, 2.05) is 26.5 Å². The Kier molecular flexibility index (Phi) is 11.3. The van der Waals surface area contributed by atoms with Gasteiger partial charge in [-0.05, 0) is 122 Å². The van der Waals surface area contributed by atoms with Gasteiger partial charge in [0.15, 0.2) is 22.9 Å². The van der Waals surface area contributed by atoms with Gasteiger partial charge in [-0.25, -0.2) is 19.3 Å². The summed E-state index contributed by atoms with van der Waals surface area (Å²) in [7, 11) is 3.81. The molecule has 0 spiro atoms. The summed E-state index contributed by atoms with van der Waals surface area (Å²) in [6, 6.07) is 25.5. The van der Waals surface area contributed by atoms with Crippen molar-refractivity contribution in [1.29, 1.82) is 0 Å². The van der Waals surface area contributed by atoms with E-state index in [0.717, 1.165) is 102 Å². The molecule has 0 unspecified atom stereocenters. The Morgan fingerprint density at radius 2 is 1.10 bits per heavy atom. The lowest BCUT2D eigenvalue weighted by atomic mass is 9.99. The highest BCUT2D eigenvalue weighted by Crippen LogP contribution is 2.31. The Balaban J connectivity index is 0.000000158. The van der Waals surface area contributed by atoms with E-state index in [1.54, 1.807) is 9.36 Å². The third-order valence-corrected chi connectivity index (χ3v) is 12.0. The molecule has 10 rings (SSSR count). The first-order chi connectivity index (χ1) is 30.1. The van der Waals surface area contributed by atoms with Crippen molar-refractivity contribution in [3.8, 4) is 0 Å². The number of nitrogens with one attached hydrogen (secondary N) is 5. The number of benzene rings is 4. The molecule has 0 bridgehead atoms. The summed E-state index contributed by atoms with van der Waals surface area (Å²) in [5, 5.41) is 28.2. The van der Waals surface area contributed by atoms with Crippen LogP contribution in [-0.2, 0) is 40.0 Å². The zero-order valence-electron chi connectivity index (χ0n) is 36.6. The number of fused-ring (bicyclic) bond motifs is 4. The summed E-state index contributed by atoms with van der Waals surface area (Å²) >= 11 is 0. The number of hydrogen-bond acceptors (Lipinski definition) is 12. The van der Waals surface area contributed by atoms with Crippen molar-refractivity contribution >= 4 is 68.3 Å². The number of anilines is 8. The van der Waals surface area contributed by atoms with Crippen LogP contribution in [0.3, 0.4) is 0 Å². The molecule has 2 aliphatic rings. The van der Waals surface area contributed by atoms with Gasteiger partial charge >= 0.3 is 0 Å². The molecule has 8 aromatic rings. The summed E-state index contributed by atoms with van der Waals surface area (Å²) in [6.07, 6.45) is 5.85. The maximum Gasteiger partial charge on any atom is 0.229 e. The first-order valence-electron chi connectivity index (χ1n) is 21.4. The molecular formula is C48H54N14. The van der Waals surface area contributed by atoms with Gasteiger partial charge < -0.3 is 26.6 Å². The number of likely N-dealkylation sites (N-methyl/N-ethyl adjacent to an activating group) is 1. The molecule has 0 radical (unpaired) electrons. The number of hydrogen-bond donors (Lipinski definition) is 5. The van der Waals surface area contributed by atoms with Gasteiger partial charge in [-0.1, -0.05) is 55.5 Å². The highest BCUT2D eigenvalue weighted by molar-refractivity contribution is 5.91. The summed E-state index contributed by atoms with van der Waals surface area (Å²) in [5.41, 5.74) is 16.0. The van der Waals surface area contributed by atoms with E-state index >= 15 is 0 Å². The van der Waals surface area contributed by atoms with Crippen LogP contribution >= 0.6 is 0 Å². The van der Waals surface area contributed by atoms with Gasteiger partial charge in [0.05, 0.1) is 10.8 Å². The summed E-state index contributed by atoms with van der Waals surface area (Å²) in [6.45, 7) is 15.7. The van der Waals surface area contributed by atoms with Gasteiger partial charge in [-0.3, -0.25) is 4.90 Å². The van der Waals surface area contributed by atoms with Crippen molar-refractivity contribution in [3.63, 3.8) is 0 Å². The number of para-hydroxylation sites is 2. The molecule has 0 saturated carbocycles. The molecule has 4 aromatic carbocycles. The Morgan fingerprint density at radius 3 is 1.61 bits per heavy atom. The van der Waals surface area contributed by atoms with E-state index in [4.69, 9.17) is 9.97 Å².